The quantitative estimate of drug-likeness (QED) is 0.582. The van der Waals surface area contributed by atoms with Crippen LogP contribution in [-0.2, 0) is 11.2 Å². The highest BCUT2D eigenvalue weighted by Gasteiger charge is 2.12. The van der Waals surface area contributed by atoms with Crippen molar-refractivity contribution in [3.8, 4) is 5.69 Å². The lowest BCUT2D eigenvalue weighted by molar-refractivity contribution is 0.0526. The van der Waals surface area contributed by atoms with Gasteiger partial charge in [0, 0.05) is 12.1 Å². The fourth-order valence-electron chi connectivity index (χ4n) is 2.26. The van der Waals surface area contributed by atoms with Crippen LogP contribution in [0.3, 0.4) is 0 Å². The third kappa shape index (κ3) is 3.42. The van der Waals surface area contributed by atoms with Crippen LogP contribution in [0, 0.1) is 0 Å². The van der Waals surface area contributed by atoms with E-state index in [-0.39, 0.29) is 5.97 Å². The average molecular weight is 300 g/mol. The van der Waals surface area contributed by atoms with Gasteiger partial charge in [-0.15, -0.1) is 0 Å². The van der Waals surface area contributed by atoms with E-state index in [2.05, 4.69) is 11.9 Å². The van der Waals surface area contributed by atoms with Crippen LogP contribution >= 0.6 is 0 Å². The largest absolute Gasteiger partial charge is 0.462 e. The van der Waals surface area contributed by atoms with E-state index in [4.69, 9.17) is 4.74 Å². The molecule has 0 aliphatic carbocycles. The van der Waals surface area contributed by atoms with Crippen molar-refractivity contribution in [1.29, 1.82) is 0 Å². The van der Waals surface area contributed by atoms with Crippen molar-refractivity contribution in [2.45, 2.75) is 33.1 Å². The molecule has 0 bridgehead atoms. The number of esters is 1. The molecule has 2 aromatic rings. The number of nitrogens with zero attached hydrogens (tertiary/aromatic N) is 2. The number of unbranched alkanes of at least 4 members (excludes halogenated alkanes) is 1. The Morgan fingerprint density at radius 3 is 2.59 bits per heavy atom. The molecule has 0 radical (unpaired) electrons. The van der Waals surface area contributed by atoms with E-state index in [0.717, 1.165) is 37.1 Å². The lowest BCUT2D eigenvalue weighted by Crippen LogP contribution is -2.07. The second-order valence-corrected chi connectivity index (χ2v) is 4.92. The molecule has 1 heterocycles. The second kappa shape index (κ2) is 7.54. The minimum absolute atomic E-state index is 0.346. The van der Waals surface area contributed by atoms with Crippen LogP contribution in [-0.4, -0.2) is 28.4 Å². The second-order valence-electron chi connectivity index (χ2n) is 4.92. The monoisotopic (exact) mass is 300 g/mol. The molecule has 0 spiro atoms. The number of carbonyl (C=O) groups excluding carboxylic acids is 2. The fourth-order valence-corrected chi connectivity index (χ4v) is 2.26. The first-order valence-electron chi connectivity index (χ1n) is 7.50. The summed E-state index contributed by atoms with van der Waals surface area (Å²) in [6.07, 6.45) is 5.25. The molecule has 0 aliphatic rings. The SMILES string of the molecule is CCCCc1ncc(C=O)n1-c1ccc(C(=O)OCC)cc1. The number of hydrogen-bond donors (Lipinski definition) is 0. The highest BCUT2D eigenvalue weighted by molar-refractivity contribution is 5.89. The van der Waals surface area contributed by atoms with E-state index >= 15 is 0 Å². The molecule has 0 unspecified atom stereocenters. The summed E-state index contributed by atoms with van der Waals surface area (Å²) in [5.74, 6) is 0.509. The molecule has 5 nitrogen and oxygen atoms in total. The first-order chi connectivity index (χ1) is 10.7. The highest BCUT2D eigenvalue weighted by Crippen LogP contribution is 2.17. The molecule has 5 heteroatoms. The summed E-state index contributed by atoms with van der Waals surface area (Å²) in [5, 5.41) is 0. The molecule has 0 fully saturated rings. The van der Waals surface area contributed by atoms with Gasteiger partial charge in [-0.3, -0.25) is 9.36 Å². The first-order valence-corrected chi connectivity index (χ1v) is 7.50. The molecule has 22 heavy (non-hydrogen) atoms. The number of aryl methyl sites for hydroxylation is 1. The van der Waals surface area contributed by atoms with Gasteiger partial charge in [-0.2, -0.15) is 0 Å². The topological polar surface area (TPSA) is 61.2 Å². The maximum Gasteiger partial charge on any atom is 0.338 e. The van der Waals surface area contributed by atoms with Gasteiger partial charge >= 0.3 is 5.97 Å². The molecule has 0 amide bonds. The number of carbonyl (C=O) groups is 2. The van der Waals surface area contributed by atoms with Gasteiger partial charge in [-0.05, 0) is 37.6 Å². The summed E-state index contributed by atoms with van der Waals surface area (Å²) in [6, 6.07) is 7.00. The third-order valence-corrected chi connectivity index (χ3v) is 3.37. The van der Waals surface area contributed by atoms with E-state index in [1.165, 1.54) is 0 Å². The number of imidazole rings is 1. The van der Waals surface area contributed by atoms with Crippen LogP contribution in [0.4, 0.5) is 0 Å². The minimum atomic E-state index is -0.346. The highest BCUT2D eigenvalue weighted by atomic mass is 16.5. The normalized spacial score (nSPS) is 10.5. The van der Waals surface area contributed by atoms with E-state index < -0.39 is 0 Å². The molecular formula is C17H20N2O3. The smallest absolute Gasteiger partial charge is 0.338 e. The van der Waals surface area contributed by atoms with E-state index in [1.807, 2.05) is 4.57 Å². The number of aromatic nitrogens is 2. The van der Waals surface area contributed by atoms with Crippen LogP contribution < -0.4 is 0 Å². The predicted octanol–water partition coefficient (Wildman–Crippen LogP) is 3.20. The Morgan fingerprint density at radius 2 is 2.00 bits per heavy atom. The summed E-state index contributed by atoms with van der Waals surface area (Å²) in [6.45, 7) is 4.23. The summed E-state index contributed by atoms with van der Waals surface area (Å²) in [7, 11) is 0. The molecule has 116 valence electrons. The van der Waals surface area contributed by atoms with Gasteiger partial charge in [0.25, 0.3) is 0 Å². The van der Waals surface area contributed by atoms with Gasteiger partial charge < -0.3 is 4.74 Å². The van der Waals surface area contributed by atoms with Crippen molar-refractivity contribution in [2.24, 2.45) is 0 Å². The molecule has 1 aromatic heterocycles. The zero-order valence-corrected chi connectivity index (χ0v) is 12.9. The maximum absolute atomic E-state index is 11.7. The molecule has 2 rings (SSSR count). The Kier molecular flexibility index (Phi) is 5.47. The maximum atomic E-state index is 11.7. The standard InChI is InChI=1S/C17H20N2O3/c1-3-5-6-16-18-11-15(12-20)19(16)14-9-7-13(8-10-14)17(21)22-4-2/h7-12H,3-6H2,1-2H3. The minimum Gasteiger partial charge on any atom is -0.462 e. The van der Waals surface area contributed by atoms with Gasteiger partial charge in [-0.1, -0.05) is 13.3 Å². The summed E-state index contributed by atoms with van der Waals surface area (Å²) in [5.41, 5.74) is 1.82. The molecular weight excluding hydrogens is 280 g/mol. The van der Waals surface area contributed by atoms with Gasteiger partial charge in [0.15, 0.2) is 6.29 Å². The Balaban J connectivity index is 2.32. The molecule has 0 saturated carbocycles. The van der Waals surface area contributed by atoms with Crippen LogP contribution in [0.5, 0.6) is 0 Å². The summed E-state index contributed by atoms with van der Waals surface area (Å²) in [4.78, 5) is 27.2. The lowest BCUT2D eigenvalue weighted by Gasteiger charge is -2.10. The fraction of sp³-hybridized carbons (Fsp3) is 0.353. The summed E-state index contributed by atoms with van der Waals surface area (Å²) >= 11 is 0. The van der Waals surface area contributed by atoms with Crippen molar-refractivity contribution in [1.82, 2.24) is 9.55 Å². The van der Waals surface area contributed by atoms with E-state index in [9.17, 15) is 9.59 Å². The van der Waals surface area contributed by atoms with Crippen molar-refractivity contribution < 1.29 is 14.3 Å². The molecule has 1 aromatic carbocycles. The Labute approximate surface area is 129 Å². The average Bonchev–Trinajstić information content (AvgIpc) is 2.96. The summed E-state index contributed by atoms with van der Waals surface area (Å²) < 4.78 is 6.80. The van der Waals surface area contributed by atoms with Crippen molar-refractivity contribution in [2.75, 3.05) is 6.61 Å². The van der Waals surface area contributed by atoms with Crippen molar-refractivity contribution >= 4 is 12.3 Å². The Hall–Kier alpha value is -2.43. The number of aldehydes is 1. The van der Waals surface area contributed by atoms with Crippen LogP contribution in [0.15, 0.2) is 30.5 Å². The number of rotatable bonds is 7. The predicted molar refractivity (Wildman–Crippen MR) is 83.5 cm³/mol. The van der Waals surface area contributed by atoms with Crippen LogP contribution in [0.25, 0.3) is 5.69 Å². The number of benzene rings is 1. The van der Waals surface area contributed by atoms with E-state index in [0.29, 0.717) is 17.9 Å². The van der Waals surface area contributed by atoms with Gasteiger partial charge in [0.2, 0.25) is 0 Å². The van der Waals surface area contributed by atoms with Gasteiger partial charge in [0.05, 0.1) is 18.4 Å². The van der Waals surface area contributed by atoms with Crippen LogP contribution in [0.2, 0.25) is 0 Å². The van der Waals surface area contributed by atoms with Crippen LogP contribution in [0.1, 0.15) is 53.4 Å². The Bertz CT molecular complexity index is 644. The van der Waals surface area contributed by atoms with Crippen molar-refractivity contribution in [3.63, 3.8) is 0 Å². The number of hydrogen-bond acceptors (Lipinski definition) is 4. The molecule has 0 atom stereocenters. The third-order valence-electron chi connectivity index (χ3n) is 3.37. The molecule has 0 aliphatic heterocycles. The van der Waals surface area contributed by atoms with E-state index in [1.54, 1.807) is 37.4 Å². The Morgan fingerprint density at radius 1 is 1.27 bits per heavy atom. The first kappa shape index (κ1) is 15.9. The van der Waals surface area contributed by atoms with Crippen molar-refractivity contribution in [3.05, 3.63) is 47.5 Å². The zero-order chi connectivity index (χ0) is 15.9. The lowest BCUT2D eigenvalue weighted by atomic mass is 10.2. The number of ether oxygens (including phenoxy) is 1. The zero-order valence-electron chi connectivity index (χ0n) is 12.9. The molecule has 0 saturated heterocycles. The molecule has 0 N–H and O–H groups in total. The van der Waals surface area contributed by atoms with Gasteiger partial charge in [-0.25, -0.2) is 9.78 Å². The van der Waals surface area contributed by atoms with Gasteiger partial charge in [0.1, 0.15) is 11.5 Å².